The largest absolute Gasteiger partial charge is 0.375 e. The van der Waals surface area contributed by atoms with Crippen molar-refractivity contribution in [2.75, 3.05) is 7.11 Å². The van der Waals surface area contributed by atoms with E-state index < -0.39 is 0 Å². The summed E-state index contributed by atoms with van der Waals surface area (Å²) in [5, 5.41) is 0. The Morgan fingerprint density at radius 2 is 2.06 bits per heavy atom. The highest BCUT2D eigenvalue weighted by Gasteiger charge is 2.18. The topological polar surface area (TPSA) is 35.2 Å². The maximum Gasteiger partial charge on any atom is 0.0971 e. The molecule has 0 aromatic heterocycles. The first-order valence-electron chi connectivity index (χ1n) is 5.56. The summed E-state index contributed by atoms with van der Waals surface area (Å²) in [4.78, 5) is 0. The zero-order valence-electron chi connectivity index (χ0n) is 9.73. The van der Waals surface area contributed by atoms with Crippen molar-refractivity contribution in [1.29, 1.82) is 0 Å². The highest BCUT2D eigenvalue weighted by Crippen LogP contribution is 2.21. The Balaban J connectivity index is 2.57. The van der Waals surface area contributed by atoms with Gasteiger partial charge in [-0.1, -0.05) is 30.3 Å². The molecule has 2 N–H and O–H groups in total. The normalized spacial score (nSPS) is 14.1. The van der Waals surface area contributed by atoms with Crippen LogP contribution in [0.2, 0.25) is 0 Å². The van der Waals surface area contributed by atoms with Crippen LogP contribution in [0.5, 0.6) is 0 Å². The summed E-state index contributed by atoms with van der Waals surface area (Å²) in [6.45, 7) is 0. The lowest BCUT2D eigenvalue weighted by atomic mass is 9.98. The molecule has 0 fully saturated rings. The molecule has 2 nitrogen and oxygen atoms in total. The van der Waals surface area contributed by atoms with Gasteiger partial charge in [-0.15, -0.1) is 12.3 Å². The molecule has 0 radical (unpaired) electrons. The van der Waals surface area contributed by atoms with Crippen molar-refractivity contribution in [2.24, 2.45) is 5.73 Å². The van der Waals surface area contributed by atoms with E-state index in [2.05, 4.69) is 5.92 Å². The number of ether oxygens (including phenoxy) is 1. The molecule has 1 aromatic carbocycles. The van der Waals surface area contributed by atoms with Crippen molar-refractivity contribution >= 4 is 0 Å². The van der Waals surface area contributed by atoms with Crippen LogP contribution in [-0.2, 0) is 4.74 Å². The van der Waals surface area contributed by atoms with Crippen molar-refractivity contribution in [2.45, 2.75) is 31.4 Å². The third kappa shape index (κ3) is 3.69. The van der Waals surface area contributed by atoms with Crippen LogP contribution in [0.25, 0.3) is 0 Å². The number of benzene rings is 1. The Morgan fingerprint density at radius 1 is 1.38 bits per heavy atom. The number of methoxy groups -OCH3 is 1. The quantitative estimate of drug-likeness (QED) is 0.587. The van der Waals surface area contributed by atoms with Gasteiger partial charge < -0.3 is 10.5 Å². The van der Waals surface area contributed by atoms with E-state index in [1.165, 1.54) is 0 Å². The number of hydrogen-bond acceptors (Lipinski definition) is 2. The lowest BCUT2D eigenvalue weighted by molar-refractivity contribution is 0.0771. The van der Waals surface area contributed by atoms with Crippen molar-refractivity contribution in [3.63, 3.8) is 0 Å². The molecule has 1 rings (SSSR count). The molecule has 0 aliphatic heterocycles. The minimum atomic E-state index is -0.0426. The second-order valence-corrected chi connectivity index (χ2v) is 3.83. The molecule has 0 saturated carbocycles. The first-order valence-corrected chi connectivity index (χ1v) is 5.56. The maximum atomic E-state index is 6.11. The molecule has 86 valence electrons. The Morgan fingerprint density at radius 3 is 2.62 bits per heavy atom. The highest BCUT2D eigenvalue weighted by molar-refractivity contribution is 5.19. The van der Waals surface area contributed by atoms with E-state index in [9.17, 15) is 0 Å². The van der Waals surface area contributed by atoms with Gasteiger partial charge in [0.1, 0.15) is 0 Å². The van der Waals surface area contributed by atoms with E-state index in [4.69, 9.17) is 16.9 Å². The molecule has 0 amide bonds. The van der Waals surface area contributed by atoms with Crippen molar-refractivity contribution < 1.29 is 4.74 Å². The molecule has 1 aromatic rings. The van der Waals surface area contributed by atoms with Gasteiger partial charge in [0.05, 0.1) is 6.10 Å². The number of nitrogens with two attached hydrogens (primary N) is 1. The van der Waals surface area contributed by atoms with Gasteiger partial charge in [-0.2, -0.15) is 0 Å². The second-order valence-electron chi connectivity index (χ2n) is 3.83. The molecule has 2 atom stereocenters. The SMILES string of the molecule is C#CCCCC(N)C(OC)c1ccccc1. The van der Waals surface area contributed by atoms with Crippen LogP contribution in [0, 0.1) is 12.3 Å². The van der Waals surface area contributed by atoms with Crippen molar-refractivity contribution in [3.05, 3.63) is 35.9 Å². The van der Waals surface area contributed by atoms with Gasteiger partial charge in [0.15, 0.2) is 0 Å². The minimum Gasteiger partial charge on any atom is -0.375 e. The Bertz CT molecular complexity index is 328. The zero-order chi connectivity index (χ0) is 11.8. The fraction of sp³-hybridized carbons (Fsp3) is 0.429. The number of terminal acetylenes is 1. The zero-order valence-corrected chi connectivity index (χ0v) is 9.73. The lowest BCUT2D eigenvalue weighted by Gasteiger charge is -2.22. The minimum absolute atomic E-state index is 0.000694. The fourth-order valence-electron chi connectivity index (χ4n) is 1.79. The summed E-state index contributed by atoms with van der Waals surface area (Å²) in [6, 6.07) is 10.1. The van der Waals surface area contributed by atoms with Gasteiger partial charge in [0.25, 0.3) is 0 Å². The highest BCUT2D eigenvalue weighted by atomic mass is 16.5. The van der Waals surface area contributed by atoms with Crippen LogP contribution >= 0.6 is 0 Å². The van der Waals surface area contributed by atoms with Crippen LogP contribution < -0.4 is 5.73 Å². The van der Waals surface area contributed by atoms with Crippen molar-refractivity contribution in [3.8, 4) is 12.3 Å². The molecular weight excluding hydrogens is 198 g/mol. The fourth-order valence-corrected chi connectivity index (χ4v) is 1.79. The van der Waals surface area contributed by atoms with Gasteiger partial charge in [-0.05, 0) is 18.4 Å². The molecule has 0 bridgehead atoms. The van der Waals surface area contributed by atoms with Gasteiger partial charge in [0.2, 0.25) is 0 Å². The lowest BCUT2D eigenvalue weighted by Crippen LogP contribution is -2.29. The number of rotatable bonds is 6. The van der Waals surface area contributed by atoms with E-state index in [0.717, 1.165) is 24.8 Å². The predicted molar refractivity (Wildman–Crippen MR) is 66.9 cm³/mol. The molecular formula is C14H19NO. The molecule has 2 unspecified atom stereocenters. The van der Waals surface area contributed by atoms with Gasteiger partial charge in [-0.3, -0.25) is 0 Å². The number of unbranched alkanes of at least 4 members (excludes halogenated alkanes) is 1. The first-order chi connectivity index (χ1) is 7.79. The summed E-state index contributed by atoms with van der Waals surface area (Å²) < 4.78 is 5.45. The molecule has 2 heteroatoms. The van der Waals surface area contributed by atoms with E-state index in [1.54, 1.807) is 7.11 Å². The van der Waals surface area contributed by atoms with Gasteiger partial charge >= 0.3 is 0 Å². The summed E-state index contributed by atoms with van der Waals surface area (Å²) in [5.41, 5.74) is 7.23. The van der Waals surface area contributed by atoms with E-state index in [0.29, 0.717) is 0 Å². The molecule has 16 heavy (non-hydrogen) atoms. The Labute approximate surface area is 97.8 Å². The molecule has 0 heterocycles. The van der Waals surface area contributed by atoms with E-state index in [1.807, 2.05) is 30.3 Å². The predicted octanol–water partition coefficient (Wildman–Crippen LogP) is 2.50. The average Bonchev–Trinajstić information content (AvgIpc) is 2.32. The molecule has 0 spiro atoms. The second kappa shape index (κ2) is 7.05. The van der Waals surface area contributed by atoms with Crippen LogP contribution in [0.1, 0.15) is 30.9 Å². The summed E-state index contributed by atoms with van der Waals surface area (Å²) >= 11 is 0. The molecule has 0 aliphatic carbocycles. The monoisotopic (exact) mass is 217 g/mol. The molecule has 0 saturated heterocycles. The summed E-state index contributed by atoms with van der Waals surface area (Å²) in [7, 11) is 1.69. The van der Waals surface area contributed by atoms with E-state index >= 15 is 0 Å². The third-order valence-electron chi connectivity index (χ3n) is 2.63. The Hall–Kier alpha value is -1.30. The van der Waals surface area contributed by atoms with Crippen LogP contribution in [-0.4, -0.2) is 13.2 Å². The smallest absolute Gasteiger partial charge is 0.0971 e. The Kier molecular flexibility index (Phi) is 5.63. The van der Waals surface area contributed by atoms with Crippen LogP contribution in [0.3, 0.4) is 0 Å². The number of hydrogen-bond donors (Lipinski definition) is 1. The average molecular weight is 217 g/mol. The maximum absolute atomic E-state index is 6.11. The molecule has 0 aliphatic rings. The summed E-state index contributed by atoms with van der Waals surface area (Å²) in [6.07, 6.45) is 7.78. The van der Waals surface area contributed by atoms with Gasteiger partial charge in [-0.25, -0.2) is 0 Å². The van der Waals surface area contributed by atoms with Crippen LogP contribution in [0.4, 0.5) is 0 Å². The summed E-state index contributed by atoms with van der Waals surface area (Å²) in [5.74, 6) is 2.62. The van der Waals surface area contributed by atoms with Crippen LogP contribution in [0.15, 0.2) is 30.3 Å². The standard InChI is InChI=1S/C14H19NO/c1-3-4-6-11-13(15)14(16-2)12-9-7-5-8-10-12/h1,5,7-10,13-14H,4,6,11,15H2,2H3. The van der Waals surface area contributed by atoms with E-state index in [-0.39, 0.29) is 12.1 Å². The first kappa shape index (κ1) is 12.8. The third-order valence-corrected chi connectivity index (χ3v) is 2.63. The van der Waals surface area contributed by atoms with Gasteiger partial charge in [0, 0.05) is 19.6 Å². The van der Waals surface area contributed by atoms with Crippen molar-refractivity contribution in [1.82, 2.24) is 0 Å².